The van der Waals surface area contributed by atoms with Crippen molar-refractivity contribution in [1.82, 2.24) is 10.2 Å². The van der Waals surface area contributed by atoms with Gasteiger partial charge in [-0.15, -0.1) is 0 Å². The van der Waals surface area contributed by atoms with E-state index in [1.165, 1.54) is 0 Å². The van der Waals surface area contributed by atoms with Crippen molar-refractivity contribution in [3.63, 3.8) is 0 Å². The van der Waals surface area contributed by atoms with Crippen LogP contribution in [0.15, 0.2) is 24.3 Å². The Kier molecular flexibility index (Phi) is 7.72. The second-order valence-corrected chi connectivity index (χ2v) is 7.43. The van der Waals surface area contributed by atoms with Crippen molar-refractivity contribution < 1.29 is 9.59 Å². The number of halogens is 1. The molecular formula is C19H28ClN3O2. The highest BCUT2D eigenvalue weighted by molar-refractivity contribution is 6.30. The Morgan fingerprint density at radius 2 is 1.76 bits per heavy atom. The van der Waals surface area contributed by atoms with Gasteiger partial charge in [-0.1, -0.05) is 17.7 Å². The number of nitrogens with zero attached hydrogens (tertiary/aromatic N) is 1. The fraction of sp³-hybridized carbons (Fsp3) is 0.579. The first kappa shape index (κ1) is 19.7. The topological polar surface area (TPSA) is 61.4 Å². The van der Waals surface area contributed by atoms with Gasteiger partial charge in [0.25, 0.3) is 0 Å². The van der Waals surface area contributed by atoms with E-state index in [4.69, 9.17) is 11.6 Å². The average molecular weight is 366 g/mol. The van der Waals surface area contributed by atoms with Crippen molar-refractivity contribution in [1.29, 1.82) is 0 Å². The molecule has 2 amide bonds. The third-order valence-corrected chi connectivity index (χ3v) is 4.88. The van der Waals surface area contributed by atoms with E-state index >= 15 is 0 Å². The normalized spacial score (nSPS) is 20.3. The van der Waals surface area contributed by atoms with Crippen LogP contribution in [0.1, 0.15) is 32.1 Å². The molecule has 138 valence electrons. The highest BCUT2D eigenvalue weighted by Gasteiger charge is 2.29. The maximum Gasteiger partial charge on any atom is 0.227 e. The zero-order chi connectivity index (χ0) is 18.2. The summed E-state index contributed by atoms with van der Waals surface area (Å²) in [5, 5.41) is 6.54. The number of benzene rings is 1. The minimum Gasteiger partial charge on any atom is -0.356 e. The Hall–Kier alpha value is -1.59. The standard InChI is InChI=1S/C19H28ClN3O2/c1-23(2)12-4-11-21-18(24)14-7-9-15(10-8-14)19(25)22-17-6-3-5-16(20)13-17/h3,5-6,13-15H,4,7-12H2,1-2H3,(H,21,24)(H,22,25). The van der Waals surface area contributed by atoms with Gasteiger partial charge in [-0.3, -0.25) is 9.59 Å². The summed E-state index contributed by atoms with van der Waals surface area (Å²) in [6, 6.07) is 7.16. The zero-order valence-corrected chi connectivity index (χ0v) is 15.8. The lowest BCUT2D eigenvalue weighted by molar-refractivity contribution is -0.128. The maximum atomic E-state index is 12.4. The number of anilines is 1. The summed E-state index contributed by atoms with van der Waals surface area (Å²) in [7, 11) is 4.05. The van der Waals surface area contributed by atoms with Crippen molar-refractivity contribution >= 4 is 29.1 Å². The van der Waals surface area contributed by atoms with Crippen LogP contribution in [0.3, 0.4) is 0 Å². The van der Waals surface area contributed by atoms with Crippen molar-refractivity contribution in [3.05, 3.63) is 29.3 Å². The highest BCUT2D eigenvalue weighted by atomic mass is 35.5. The van der Waals surface area contributed by atoms with E-state index in [0.717, 1.165) is 44.3 Å². The predicted molar refractivity (Wildman–Crippen MR) is 102 cm³/mol. The molecule has 0 radical (unpaired) electrons. The number of rotatable bonds is 7. The van der Waals surface area contributed by atoms with E-state index in [1.54, 1.807) is 12.1 Å². The number of amides is 2. The molecule has 0 spiro atoms. The maximum absolute atomic E-state index is 12.4. The smallest absolute Gasteiger partial charge is 0.227 e. The summed E-state index contributed by atoms with van der Waals surface area (Å²) in [4.78, 5) is 26.7. The first-order chi connectivity index (χ1) is 12.0. The molecule has 0 aliphatic heterocycles. The van der Waals surface area contributed by atoms with Crippen LogP contribution in [0.25, 0.3) is 0 Å². The van der Waals surface area contributed by atoms with Crippen LogP contribution in [0, 0.1) is 11.8 Å². The molecule has 5 nitrogen and oxygen atoms in total. The average Bonchev–Trinajstić information content (AvgIpc) is 2.58. The van der Waals surface area contributed by atoms with E-state index < -0.39 is 0 Å². The lowest BCUT2D eigenvalue weighted by atomic mass is 9.81. The minimum absolute atomic E-state index is 0.0205. The quantitative estimate of drug-likeness (QED) is 0.729. The molecule has 0 unspecified atom stereocenters. The molecule has 2 N–H and O–H groups in total. The van der Waals surface area contributed by atoms with E-state index in [1.807, 2.05) is 26.2 Å². The lowest BCUT2D eigenvalue weighted by Crippen LogP contribution is -2.36. The molecule has 1 fully saturated rings. The molecule has 0 aromatic heterocycles. The summed E-state index contributed by atoms with van der Waals surface area (Å²) >= 11 is 5.94. The molecule has 6 heteroatoms. The Bertz CT molecular complexity index is 584. The molecule has 0 heterocycles. The Labute approximate surface area is 155 Å². The van der Waals surface area contributed by atoms with Crippen LogP contribution < -0.4 is 10.6 Å². The molecule has 1 aliphatic carbocycles. The largest absolute Gasteiger partial charge is 0.356 e. The second-order valence-electron chi connectivity index (χ2n) is 7.00. The van der Waals surface area contributed by atoms with Crippen molar-refractivity contribution in [3.8, 4) is 0 Å². The molecule has 0 saturated heterocycles. The molecule has 1 aromatic carbocycles. The predicted octanol–water partition coefficient (Wildman–Crippen LogP) is 3.15. The van der Waals surface area contributed by atoms with Crippen molar-refractivity contribution in [2.45, 2.75) is 32.1 Å². The van der Waals surface area contributed by atoms with Crippen molar-refractivity contribution in [2.24, 2.45) is 11.8 Å². The second kappa shape index (κ2) is 9.78. The lowest BCUT2D eigenvalue weighted by Gasteiger charge is -2.27. The fourth-order valence-corrected chi connectivity index (χ4v) is 3.37. The number of nitrogens with one attached hydrogen (secondary N) is 2. The SMILES string of the molecule is CN(C)CCCNC(=O)C1CCC(C(=O)Nc2cccc(Cl)c2)CC1. The number of carbonyl (C=O) groups is 2. The van der Waals surface area contributed by atoms with E-state index in [0.29, 0.717) is 11.6 Å². The Morgan fingerprint density at radius 3 is 2.36 bits per heavy atom. The molecule has 1 aliphatic rings. The summed E-state index contributed by atoms with van der Waals surface area (Å²) in [5.41, 5.74) is 0.721. The summed E-state index contributed by atoms with van der Waals surface area (Å²) in [6.07, 6.45) is 4.00. The molecule has 25 heavy (non-hydrogen) atoms. The first-order valence-corrected chi connectivity index (χ1v) is 9.32. The van der Waals surface area contributed by atoms with Gasteiger partial charge in [-0.25, -0.2) is 0 Å². The minimum atomic E-state index is -0.0308. The van der Waals surface area contributed by atoms with Crippen LogP contribution in [-0.4, -0.2) is 43.9 Å². The zero-order valence-electron chi connectivity index (χ0n) is 15.1. The Balaban J connectivity index is 1.71. The monoisotopic (exact) mass is 365 g/mol. The summed E-state index contributed by atoms with van der Waals surface area (Å²) < 4.78 is 0. The molecular weight excluding hydrogens is 338 g/mol. The molecule has 2 rings (SSSR count). The van der Waals surface area contributed by atoms with Gasteiger partial charge in [0.1, 0.15) is 0 Å². The third-order valence-electron chi connectivity index (χ3n) is 4.64. The van der Waals surface area contributed by atoms with Gasteiger partial charge >= 0.3 is 0 Å². The van der Waals surface area contributed by atoms with Gasteiger partial charge in [0.15, 0.2) is 0 Å². The van der Waals surface area contributed by atoms with Gasteiger partial charge < -0.3 is 15.5 Å². The van der Waals surface area contributed by atoms with Crippen LogP contribution >= 0.6 is 11.6 Å². The van der Waals surface area contributed by atoms with Gasteiger partial charge in [-0.05, 0) is 70.9 Å². The summed E-state index contributed by atoms with van der Waals surface area (Å²) in [5.74, 6) is 0.158. The third kappa shape index (κ3) is 6.67. The molecule has 1 aromatic rings. The highest BCUT2D eigenvalue weighted by Crippen LogP contribution is 2.30. The fourth-order valence-electron chi connectivity index (χ4n) is 3.18. The van der Waals surface area contributed by atoms with Gasteiger partial charge in [0.2, 0.25) is 11.8 Å². The van der Waals surface area contributed by atoms with Gasteiger partial charge in [0.05, 0.1) is 0 Å². The van der Waals surface area contributed by atoms with Crippen LogP contribution in [0.4, 0.5) is 5.69 Å². The van der Waals surface area contributed by atoms with E-state index in [-0.39, 0.29) is 23.7 Å². The van der Waals surface area contributed by atoms with Crippen LogP contribution in [0.5, 0.6) is 0 Å². The first-order valence-electron chi connectivity index (χ1n) is 8.94. The van der Waals surface area contributed by atoms with Crippen molar-refractivity contribution in [2.75, 3.05) is 32.5 Å². The Morgan fingerprint density at radius 1 is 1.12 bits per heavy atom. The number of hydrogen-bond acceptors (Lipinski definition) is 3. The number of carbonyl (C=O) groups excluding carboxylic acids is 2. The molecule has 0 bridgehead atoms. The molecule has 1 saturated carbocycles. The summed E-state index contributed by atoms with van der Waals surface area (Å²) in [6.45, 7) is 1.68. The molecule has 0 atom stereocenters. The van der Waals surface area contributed by atoms with Gasteiger partial charge in [0, 0.05) is 29.1 Å². The van der Waals surface area contributed by atoms with Gasteiger partial charge in [-0.2, -0.15) is 0 Å². The van der Waals surface area contributed by atoms with Crippen LogP contribution in [0.2, 0.25) is 5.02 Å². The van der Waals surface area contributed by atoms with E-state index in [9.17, 15) is 9.59 Å². The number of hydrogen-bond donors (Lipinski definition) is 2. The van der Waals surface area contributed by atoms with Crippen LogP contribution in [-0.2, 0) is 9.59 Å². The van der Waals surface area contributed by atoms with E-state index in [2.05, 4.69) is 15.5 Å².